The number of rotatable bonds is 4. The SMILES string of the molecule is Cc1cccc2nc(NCC(C)(C)N(C)C)nn12. The van der Waals surface area contributed by atoms with Gasteiger partial charge in [-0.1, -0.05) is 6.07 Å². The van der Waals surface area contributed by atoms with Crippen molar-refractivity contribution in [1.82, 2.24) is 19.5 Å². The van der Waals surface area contributed by atoms with Gasteiger partial charge in [0.25, 0.3) is 0 Å². The first kappa shape index (κ1) is 12.8. The molecule has 0 saturated carbocycles. The zero-order valence-electron chi connectivity index (χ0n) is 11.7. The molecule has 18 heavy (non-hydrogen) atoms. The number of nitrogens with one attached hydrogen (secondary N) is 1. The first-order valence-corrected chi connectivity index (χ1v) is 6.14. The summed E-state index contributed by atoms with van der Waals surface area (Å²) in [6.07, 6.45) is 0. The van der Waals surface area contributed by atoms with Gasteiger partial charge in [0.2, 0.25) is 5.95 Å². The van der Waals surface area contributed by atoms with Crippen LogP contribution in [-0.4, -0.2) is 45.7 Å². The first-order valence-electron chi connectivity index (χ1n) is 6.14. The van der Waals surface area contributed by atoms with Gasteiger partial charge in [0.1, 0.15) is 0 Å². The van der Waals surface area contributed by atoms with E-state index in [1.54, 1.807) is 0 Å². The van der Waals surface area contributed by atoms with Crippen LogP contribution in [0, 0.1) is 6.92 Å². The maximum atomic E-state index is 4.46. The van der Waals surface area contributed by atoms with Gasteiger partial charge in [0, 0.05) is 17.8 Å². The van der Waals surface area contributed by atoms with Gasteiger partial charge in [0.15, 0.2) is 5.65 Å². The lowest BCUT2D eigenvalue weighted by Gasteiger charge is -2.32. The third-order valence-electron chi connectivity index (χ3n) is 3.44. The largest absolute Gasteiger partial charge is 0.351 e. The van der Waals surface area contributed by atoms with Crippen molar-refractivity contribution in [2.75, 3.05) is 26.0 Å². The van der Waals surface area contributed by atoms with Crippen LogP contribution in [0.15, 0.2) is 18.2 Å². The minimum atomic E-state index is 0.0620. The molecule has 2 rings (SSSR count). The van der Waals surface area contributed by atoms with Gasteiger partial charge in [-0.25, -0.2) is 4.52 Å². The molecule has 0 aromatic carbocycles. The zero-order chi connectivity index (χ0) is 13.3. The monoisotopic (exact) mass is 247 g/mol. The van der Waals surface area contributed by atoms with E-state index in [1.165, 1.54) is 0 Å². The molecule has 0 aliphatic heterocycles. The van der Waals surface area contributed by atoms with E-state index in [2.05, 4.69) is 48.2 Å². The van der Waals surface area contributed by atoms with Crippen LogP contribution in [0.2, 0.25) is 0 Å². The number of fused-ring (bicyclic) bond motifs is 1. The van der Waals surface area contributed by atoms with E-state index in [0.29, 0.717) is 5.95 Å². The second-order valence-corrected chi connectivity index (χ2v) is 5.43. The molecule has 2 aromatic heterocycles. The molecule has 2 heterocycles. The van der Waals surface area contributed by atoms with Crippen molar-refractivity contribution in [3.63, 3.8) is 0 Å². The lowest BCUT2D eigenvalue weighted by molar-refractivity contribution is 0.209. The Balaban J connectivity index is 2.16. The summed E-state index contributed by atoms with van der Waals surface area (Å²) in [6.45, 7) is 7.19. The summed E-state index contributed by atoms with van der Waals surface area (Å²) < 4.78 is 1.85. The highest BCUT2D eigenvalue weighted by molar-refractivity contribution is 5.44. The minimum Gasteiger partial charge on any atom is -0.351 e. The number of aryl methyl sites for hydroxylation is 1. The second kappa shape index (κ2) is 4.57. The molecular weight excluding hydrogens is 226 g/mol. The molecule has 0 bridgehead atoms. The second-order valence-electron chi connectivity index (χ2n) is 5.43. The van der Waals surface area contributed by atoms with E-state index in [4.69, 9.17) is 0 Å². The molecule has 0 spiro atoms. The summed E-state index contributed by atoms with van der Waals surface area (Å²) in [4.78, 5) is 6.64. The smallest absolute Gasteiger partial charge is 0.243 e. The van der Waals surface area contributed by atoms with Crippen LogP contribution in [0.4, 0.5) is 5.95 Å². The van der Waals surface area contributed by atoms with Crippen LogP contribution >= 0.6 is 0 Å². The molecule has 0 amide bonds. The molecule has 0 fully saturated rings. The Morgan fingerprint density at radius 1 is 1.33 bits per heavy atom. The summed E-state index contributed by atoms with van der Waals surface area (Å²) in [5, 5.41) is 7.75. The Bertz CT molecular complexity index is 541. The van der Waals surface area contributed by atoms with Gasteiger partial charge in [-0.05, 0) is 47.0 Å². The molecule has 5 nitrogen and oxygen atoms in total. The molecule has 0 atom stereocenters. The van der Waals surface area contributed by atoms with E-state index >= 15 is 0 Å². The van der Waals surface area contributed by atoms with E-state index < -0.39 is 0 Å². The molecule has 5 heteroatoms. The third-order valence-corrected chi connectivity index (χ3v) is 3.44. The quantitative estimate of drug-likeness (QED) is 0.894. The van der Waals surface area contributed by atoms with E-state index in [1.807, 2.05) is 29.6 Å². The van der Waals surface area contributed by atoms with Gasteiger partial charge >= 0.3 is 0 Å². The highest BCUT2D eigenvalue weighted by Gasteiger charge is 2.20. The predicted octanol–water partition coefficient (Wildman–Crippen LogP) is 1.79. The van der Waals surface area contributed by atoms with Crippen LogP contribution in [0.1, 0.15) is 19.5 Å². The number of pyridine rings is 1. The fraction of sp³-hybridized carbons (Fsp3) is 0.538. The Hall–Kier alpha value is -1.62. The fourth-order valence-electron chi connectivity index (χ4n) is 1.56. The van der Waals surface area contributed by atoms with Gasteiger partial charge in [-0.3, -0.25) is 0 Å². The Morgan fingerprint density at radius 3 is 2.67 bits per heavy atom. The third kappa shape index (κ3) is 2.46. The average Bonchev–Trinajstić information content (AvgIpc) is 2.71. The van der Waals surface area contributed by atoms with Gasteiger partial charge in [-0.2, -0.15) is 4.98 Å². The van der Waals surface area contributed by atoms with Gasteiger partial charge in [-0.15, -0.1) is 5.10 Å². The number of anilines is 1. The molecule has 0 radical (unpaired) electrons. The zero-order valence-corrected chi connectivity index (χ0v) is 11.7. The maximum absolute atomic E-state index is 4.46. The van der Waals surface area contributed by atoms with Crippen molar-refractivity contribution in [3.05, 3.63) is 23.9 Å². The molecule has 98 valence electrons. The number of aromatic nitrogens is 3. The van der Waals surface area contributed by atoms with Crippen molar-refractivity contribution in [3.8, 4) is 0 Å². The first-order chi connectivity index (χ1) is 8.40. The Morgan fingerprint density at radius 2 is 2.06 bits per heavy atom. The summed E-state index contributed by atoms with van der Waals surface area (Å²) >= 11 is 0. The summed E-state index contributed by atoms with van der Waals surface area (Å²) in [7, 11) is 4.14. The van der Waals surface area contributed by atoms with Crippen LogP contribution in [0.3, 0.4) is 0 Å². The van der Waals surface area contributed by atoms with E-state index in [-0.39, 0.29) is 5.54 Å². The number of nitrogens with zero attached hydrogens (tertiary/aromatic N) is 4. The Kier molecular flexibility index (Phi) is 3.26. The summed E-state index contributed by atoms with van der Waals surface area (Å²) in [6, 6.07) is 5.98. The van der Waals surface area contributed by atoms with Crippen molar-refractivity contribution in [2.45, 2.75) is 26.3 Å². The number of likely N-dealkylation sites (N-methyl/N-ethyl adjacent to an activating group) is 1. The highest BCUT2D eigenvalue weighted by atomic mass is 15.4. The van der Waals surface area contributed by atoms with Crippen molar-refractivity contribution in [2.24, 2.45) is 0 Å². The van der Waals surface area contributed by atoms with Gasteiger partial charge < -0.3 is 10.2 Å². The highest BCUT2D eigenvalue weighted by Crippen LogP contribution is 2.12. The molecule has 0 saturated heterocycles. The van der Waals surface area contributed by atoms with E-state index in [0.717, 1.165) is 17.9 Å². The lowest BCUT2D eigenvalue weighted by atomic mass is 10.1. The average molecular weight is 247 g/mol. The lowest BCUT2D eigenvalue weighted by Crippen LogP contribution is -2.44. The topological polar surface area (TPSA) is 45.5 Å². The molecular formula is C13H21N5. The molecule has 0 aliphatic carbocycles. The van der Waals surface area contributed by atoms with E-state index in [9.17, 15) is 0 Å². The molecule has 0 unspecified atom stereocenters. The maximum Gasteiger partial charge on any atom is 0.243 e. The molecule has 0 aliphatic rings. The number of hydrogen-bond donors (Lipinski definition) is 1. The van der Waals surface area contributed by atoms with Crippen LogP contribution in [0.25, 0.3) is 5.65 Å². The number of hydrogen-bond acceptors (Lipinski definition) is 4. The normalized spacial score (nSPS) is 12.3. The Labute approximate surface area is 108 Å². The van der Waals surface area contributed by atoms with Crippen LogP contribution in [0.5, 0.6) is 0 Å². The summed E-state index contributed by atoms with van der Waals surface area (Å²) in [5.41, 5.74) is 2.02. The predicted molar refractivity (Wildman–Crippen MR) is 74.0 cm³/mol. The van der Waals surface area contributed by atoms with Crippen molar-refractivity contribution in [1.29, 1.82) is 0 Å². The standard InChI is InChI=1S/C13H21N5/c1-10-7-6-8-11-15-12(16-18(10)11)14-9-13(2,3)17(4)5/h6-8H,9H2,1-5H3,(H,14,16). The van der Waals surface area contributed by atoms with Crippen LogP contribution in [-0.2, 0) is 0 Å². The van der Waals surface area contributed by atoms with Crippen molar-refractivity contribution < 1.29 is 0 Å². The van der Waals surface area contributed by atoms with Gasteiger partial charge in [0.05, 0.1) is 0 Å². The molecule has 1 N–H and O–H groups in total. The summed E-state index contributed by atoms with van der Waals surface area (Å²) in [5.74, 6) is 0.680. The van der Waals surface area contributed by atoms with Crippen molar-refractivity contribution >= 4 is 11.6 Å². The molecule has 2 aromatic rings. The van der Waals surface area contributed by atoms with Crippen LogP contribution < -0.4 is 5.32 Å². The fourth-order valence-corrected chi connectivity index (χ4v) is 1.56. The minimum absolute atomic E-state index is 0.0620.